The van der Waals surface area contributed by atoms with Gasteiger partial charge in [-0.1, -0.05) is 40.0 Å². The van der Waals surface area contributed by atoms with Crippen LogP contribution in [0, 0.1) is 17.0 Å². The van der Waals surface area contributed by atoms with Crippen molar-refractivity contribution >= 4 is 0 Å². The number of phenols is 1. The van der Waals surface area contributed by atoms with Crippen LogP contribution in [0.1, 0.15) is 52.0 Å². The summed E-state index contributed by atoms with van der Waals surface area (Å²) in [6, 6.07) is 2.32. The molecule has 0 radical (unpaired) electrons. The third-order valence-electron chi connectivity index (χ3n) is 3.47. The number of unbranched alkanes of at least 4 members (excludes halogenated alkanes) is 2. The molecule has 0 unspecified atom stereocenters. The third-order valence-corrected chi connectivity index (χ3v) is 3.47. The van der Waals surface area contributed by atoms with Gasteiger partial charge in [0.1, 0.15) is 0 Å². The first-order chi connectivity index (χ1) is 9.35. The number of aromatic hydroxyl groups is 1. The second kappa shape index (κ2) is 7.58. The van der Waals surface area contributed by atoms with E-state index in [0.717, 1.165) is 25.1 Å². The molecule has 0 spiro atoms. The monoisotopic (exact) mass is 285 g/mol. The number of benzene rings is 1. The Labute approximate surface area is 120 Å². The third kappa shape index (κ3) is 5.45. The minimum absolute atomic E-state index is 0.170. The molecule has 0 aliphatic heterocycles. The van der Waals surface area contributed by atoms with E-state index >= 15 is 0 Å². The summed E-state index contributed by atoms with van der Waals surface area (Å²) < 4.78 is 26.4. The average Bonchev–Trinajstić information content (AvgIpc) is 2.35. The molecule has 0 aromatic heterocycles. The van der Waals surface area contributed by atoms with Crippen LogP contribution in [0.4, 0.5) is 8.78 Å². The standard InChI is InChI=1S/C16H25F2NO/c1-4-5-6-7-16(2,3)11-19-10-12-8-13(17)15(20)14(18)9-12/h8-9,19-20H,4-7,10-11H2,1-3H3. The maximum Gasteiger partial charge on any atom is 0.187 e. The van der Waals surface area contributed by atoms with Crippen LogP contribution in [0.15, 0.2) is 12.1 Å². The summed E-state index contributed by atoms with van der Waals surface area (Å²) in [4.78, 5) is 0. The van der Waals surface area contributed by atoms with Gasteiger partial charge < -0.3 is 10.4 Å². The van der Waals surface area contributed by atoms with E-state index in [1.165, 1.54) is 19.3 Å². The number of hydrogen-bond donors (Lipinski definition) is 2. The fraction of sp³-hybridized carbons (Fsp3) is 0.625. The Morgan fingerprint density at radius 1 is 1.15 bits per heavy atom. The van der Waals surface area contributed by atoms with Crippen LogP contribution in [-0.2, 0) is 6.54 Å². The van der Waals surface area contributed by atoms with Crippen LogP contribution < -0.4 is 5.32 Å². The number of rotatable bonds is 8. The quantitative estimate of drug-likeness (QED) is 0.695. The predicted octanol–water partition coefficient (Wildman–Crippen LogP) is 4.37. The molecule has 0 atom stereocenters. The van der Waals surface area contributed by atoms with Gasteiger partial charge in [-0.25, -0.2) is 8.78 Å². The van der Waals surface area contributed by atoms with Crippen molar-refractivity contribution in [2.24, 2.45) is 5.41 Å². The zero-order valence-corrected chi connectivity index (χ0v) is 12.6. The fourth-order valence-corrected chi connectivity index (χ4v) is 2.21. The smallest absolute Gasteiger partial charge is 0.187 e. The first kappa shape index (κ1) is 16.9. The summed E-state index contributed by atoms with van der Waals surface area (Å²) in [5, 5.41) is 12.3. The molecule has 114 valence electrons. The molecular formula is C16H25F2NO. The van der Waals surface area contributed by atoms with Crippen molar-refractivity contribution in [3.05, 3.63) is 29.3 Å². The van der Waals surface area contributed by atoms with Crippen molar-refractivity contribution in [2.75, 3.05) is 6.54 Å². The van der Waals surface area contributed by atoms with Crippen molar-refractivity contribution in [3.63, 3.8) is 0 Å². The summed E-state index contributed by atoms with van der Waals surface area (Å²) in [6.45, 7) is 7.74. The SMILES string of the molecule is CCCCCC(C)(C)CNCc1cc(F)c(O)c(F)c1. The van der Waals surface area contributed by atoms with Gasteiger partial charge in [0, 0.05) is 13.1 Å². The molecule has 4 heteroatoms. The number of halogens is 2. The molecule has 0 fully saturated rings. The highest BCUT2D eigenvalue weighted by Gasteiger charge is 2.17. The molecule has 0 saturated heterocycles. The Morgan fingerprint density at radius 2 is 1.75 bits per heavy atom. The Balaban J connectivity index is 2.44. The summed E-state index contributed by atoms with van der Waals surface area (Å²) in [7, 11) is 0. The van der Waals surface area contributed by atoms with E-state index in [-0.39, 0.29) is 5.41 Å². The van der Waals surface area contributed by atoms with E-state index in [9.17, 15) is 8.78 Å². The van der Waals surface area contributed by atoms with Crippen molar-refractivity contribution in [1.29, 1.82) is 0 Å². The summed E-state index contributed by atoms with van der Waals surface area (Å²) >= 11 is 0. The Hall–Kier alpha value is -1.16. The number of hydrogen-bond acceptors (Lipinski definition) is 2. The molecule has 0 amide bonds. The van der Waals surface area contributed by atoms with Gasteiger partial charge in [-0.2, -0.15) is 0 Å². The van der Waals surface area contributed by atoms with E-state index in [1.807, 2.05) is 0 Å². The lowest BCUT2D eigenvalue weighted by atomic mass is 9.87. The van der Waals surface area contributed by atoms with Gasteiger partial charge in [0.15, 0.2) is 17.4 Å². The molecule has 2 nitrogen and oxygen atoms in total. The van der Waals surface area contributed by atoms with E-state index in [4.69, 9.17) is 5.11 Å². The maximum atomic E-state index is 13.2. The van der Waals surface area contributed by atoms with Gasteiger partial charge in [-0.15, -0.1) is 0 Å². The van der Waals surface area contributed by atoms with Gasteiger partial charge in [0.2, 0.25) is 0 Å². The van der Waals surface area contributed by atoms with E-state index in [0.29, 0.717) is 12.1 Å². The lowest BCUT2D eigenvalue weighted by Gasteiger charge is -2.25. The highest BCUT2D eigenvalue weighted by atomic mass is 19.1. The minimum Gasteiger partial charge on any atom is -0.503 e. The van der Waals surface area contributed by atoms with E-state index < -0.39 is 17.4 Å². The zero-order valence-electron chi connectivity index (χ0n) is 12.6. The van der Waals surface area contributed by atoms with E-state index in [1.54, 1.807) is 0 Å². The van der Waals surface area contributed by atoms with Crippen molar-refractivity contribution in [1.82, 2.24) is 5.32 Å². The van der Waals surface area contributed by atoms with E-state index in [2.05, 4.69) is 26.1 Å². The number of phenolic OH excluding ortho intramolecular Hbond substituents is 1. The Bertz CT molecular complexity index is 409. The lowest BCUT2D eigenvalue weighted by molar-refractivity contribution is 0.301. The van der Waals surface area contributed by atoms with Crippen LogP contribution in [0.5, 0.6) is 5.75 Å². The first-order valence-electron chi connectivity index (χ1n) is 7.23. The Morgan fingerprint density at radius 3 is 2.30 bits per heavy atom. The molecule has 1 aromatic carbocycles. The lowest BCUT2D eigenvalue weighted by Crippen LogP contribution is -2.29. The summed E-state index contributed by atoms with van der Waals surface area (Å²) in [6.07, 6.45) is 4.77. The van der Waals surface area contributed by atoms with Gasteiger partial charge in [0.25, 0.3) is 0 Å². The molecule has 20 heavy (non-hydrogen) atoms. The summed E-state index contributed by atoms with van der Waals surface area (Å²) in [5.74, 6) is -2.73. The average molecular weight is 285 g/mol. The maximum absolute atomic E-state index is 13.2. The Kier molecular flexibility index (Phi) is 6.40. The highest BCUT2D eigenvalue weighted by Crippen LogP contribution is 2.24. The summed E-state index contributed by atoms with van der Waals surface area (Å²) in [5.41, 5.74) is 0.672. The molecule has 0 aliphatic carbocycles. The molecular weight excluding hydrogens is 260 g/mol. The topological polar surface area (TPSA) is 32.3 Å². The molecule has 0 heterocycles. The molecule has 0 saturated carbocycles. The van der Waals surface area contributed by atoms with Gasteiger partial charge >= 0.3 is 0 Å². The van der Waals surface area contributed by atoms with Crippen molar-refractivity contribution in [3.8, 4) is 5.75 Å². The minimum atomic E-state index is -0.913. The number of nitrogens with one attached hydrogen (secondary N) is 1. The molecule has 0 bridgehead atoms. The molecule has 0 aliphatic rings. The molecule has 1 rings (SSSR count). The van der Waals surface area contributed by atoms with Crippen molar-refractivity contribution in [2.45, 2.75) is 53.0 Å². The normalized spacial score (nSPS) is 11.8. The second-order valence-corrected chi connectivity index (χ2v) is 6.13. The van der Waals surface area contributed by atoms with Gasteiger partial charge in [-0.3, -0.25) is 0 Å². The molecule has 1 aromatic rings. The molecule has 2 N–H and O–H groups in total. The van der Waals surface area contributed by atoms with Crippen LogP contribution in [0.2, 0.25) is 0 Å². The largest absolute Gasteiger partial charge is 0.503 e. The predicted molar refractivity (Wildman–Crippen MR) is 77.7 cm³/mol. The zero-order chi connectivity index (χ0) is 15.2. The van der Waals surface area contributed by atoms with Crippen LogP contribution >= 0.6 is 0 Å². The van der Waals surface area contributed by atoms with Crippen LogP contribution in [0.3, 0.4) is 0 Å². The van der Waals surface area contributed by atoms with Crippen LogP contribution in [-0.4, -0.2) is 11.7 Å². The highest BCUT2D eigenvalue weighted by molar-refractivity contribution is 5.29. The fourth-order valence-electron chi connectivity index (χ4n) is 2.21. The van der Waals surface area contributed by atoms with Crippen LogP contribution in [0.25, 0.3) is 0 Å². The van der Waals surface area contributed by atoms with Gasteiger partial charge in [0.05, 0.1) is 0 Å². The first-order valence-corrected chi connectivity index (χ1v) is 7.23. The van der Waals surface area contributed by atoms with Crippen molar-refractivity contribution < 1.29 is 13.9 Å². The second-order valence-electron chi connectivity index (χ2n) is 6.13. The van der Waals surface area contributed by atoms with Gasteiger partial charge in [-0.05, 0) is 29.5 Å².